The lowest BCUT2D eigenvalue weighted by molar-refractivity contribution is -0.135. The molecule has 2 rings (SSSR count). The third kappa shape index (κ3) is 6.68. The standard InChI is InChI=1S/C19H31N3O3S/c1-14-15(2)26-19(20-14)21-17(23)13-22(11-6-12-25-3)18(24)10-9-16-7-4-5-8-16/h16H,4-13H2,1-3H3,(H,20,21,23). The largest absolute Gasteiger partial charge is 0.385 e. The molecule has 0 aliphatic heterocycles. The molecule has 1 fully saturated rings. The fraction of sp³-hybridized carbons (Fsp3) is 0.737. The fourth-order valence-corrected chi connectivity index (χ4v) is 4.17. The molecule has 1 aliphatic carbocycles. The first-order chi connectivity index (χ1) is 12.5. The monoisotopic (exact) mass is 381 g/mol. The van der Waals surface area contributed by atoms with E-state index in [-0.39, 0.29) is 18.4 Å². The number of hydrogen-bond acceptors (Lipinski definition) is 5. The lowest BCUT2D eigenvalue weighted by Crippen LogP contribution is -2.39. The molecule has 0 aromatic carbocycles. The summed E-state index contributed by atoms with van der Waals surface area (Å²) in [6.07, 6.45) is 7.23. The Bertz CT molecular complexity index is 577. The van der Waals surface area contributed by atoms with E-state index in [2.05, 4.69) is 10.3 Å². The van der Waals surface area contributed by atoms with Gasteiger partial charge in [0.15, 0.2) is 5.13 Å². The van der Waals surface area contributed by atoms with Crippen molar-refractivity contribution in [3.63, 3.8) is 0 Å². The van der Waals surface area contributed by atoms with Gasteiger partial charge in [0.1, 0.15) is 0 Å². The highest BCUT2D eigenvalue weighted by Gasteiger charge is 2.21. The molecule has 1 saturated carbocycles. The van der Waals surface area contributed by atoms with Crippen molar-refractivity contribution in [2.24, 2.45) is 5.92 Å². The number of carbonyl (C=O) groups excluding carboxylic acids is 2. The molecule has 0 unspecified atom stereocenters. The van der Waals surface area contributed by atoms with E-state index in [1.807, 2.05) is 13.8 Å². The van der Waals surface area contributed by atoms with E-state index >= 15 is 0 Å². The minimum atomic E-state index is -0.189. The zero-order valence-corrected chi connectivity index (χ0v) is 17.0. The molecule has 146 valence electrons. The van der Waals surface area contributed by atoms with Crippen molar-refractivity contribution in [1.82, 2.24) is 9.88 Å². The summed E-state index contributed by atoms with van der Waals surface area (Å²) in [4.78, 5) is 32.1. The summed E-state index contributed by atoms with van der Waals surface area (Å²) >= 11 is 1.46. The number of amides is 2. The molecule has 26 heavy (non-hydrogen) atoms. The van der Waals surface area contributed by atoms with Crippen LogP contribution in [0.1, 0.15) is 55.5 Å². The number of nitrogens with one attached hydrogen (secondary N) is 1. The Hall–Kier alpha value is -1.47. The average Bonchev–Trinajstić information content (AvgIpc) is 3.22. The second-order valence-electron chi connectivity index (χ2n) is 7.06. The van der Waals surface area contributed by atoms with Crippen LogP contribution >= 0.6 is 11.3 Å². The maximum Gasteiger partial charge on any atom is 0.245 e. The van der Waals surface area contributed by atoms with Gasteiger partial charge in [-0.1, -0.05) is 25.7 Å². The van der Waals surface area contributed by atoms with Crippen molar-refractivity contribution >= 4 is 28.3 Å². The zero-order chi connectivity index (χ0) is 18.9. The topological polar surface area (TPSA) is 71.5 Å². The maximum atomic E-state index is 12.6. The Labute approximate surface area is 160 Å². The van der Waals surface area contributed by atoms with E-state index in [0.29, 0.717) is 30.6 Å². The lowest BCUT2D eigenvalue weighted by atomic mass is 10.0. The van der Waals surface area contributed by atoms with Crippen LogP contribution in [-0.2, 0) is 14.3 Å². The van der Waals surface area contributed by atoms with Crippen LogP contribution in [0.15, 0.2) is 0 Å². The molecule has 6 nitrogen and oxygen atoms in total. The number of aryl methyl sites for hydroxylation is 2. The van der Waals surface area contributed by atoms with E-state index in [4.69, 9.17) is 4.74 Å². The van der Waals surface area contributed by atoms with E-state index < -0.39 is 0 Å². The van der Waals surface area contributed by atoms with Crippen LogP contribution in [0.25, 0.3) is 0 Å². The van der Waals surface area contributed by atoms with Crippen molar-refractivity contribution < 1.29 is 14.3 Å². The molecule has 0 bridgehead atoms. The summed E-state index contributed by atoms with van der Waals surface area (Å²) in [6, 6.07) is 0. The Balaban J connectivity index is 1.87. The number of carbonyl (C=O) groups is 2. The number of nitrogens with zero attached hydrogens (tertiary/aromatic N) is 2. The summed E-state index contributed by atoms with van der Waals surface area (Å²) in [5, 5.41) is 3.42. The van der Waals surface area contributed by atoms with Gasteiger partial charge in [0.05, 0.1) is 12.2 Å². The smallest absolute Gasteiger partial charge is 0.245 e. The molecule has 1 aromatic heterocycles. The third-order valence-electron chi connectivity index (χ3n) is 4.98. The highest BCUT2D eigenvalue weighted by molar-refractivity contribution is 7.15. The highest BCUT2D eigenvalue weighted by Crippen LogP contribution is 2.28. The van der Waals surface area contributed by atoms with Gasteiger partial charge in [0, 0.05) is 31.6 Å². The number of ether oxygens (including phenoxy) is 1. The van der Waals surface area contributed by atoms with E-state index in [9.17, 15) is 9.59 Å². The van der Waals surface area contributed by atoms with Crippen LogP contribution in [0.3, 0.4) is 0 Å². The lowest BCUT2D eigenvalue weighted by Gasteiger charge is -2.22. The predicted molar refractivity (Wildman–Crippen MR) is 104 cm³/mol. The maximum absolute atomic E-state index is 12.6. The molecule has 0 spiro atoms. The van der Waals surface area contributed by atoms with Crippen molar-refractivity contribution in [3.05, 3.63) is 10.6 Å². The first kappa shape index (κ1) is 20.8. The number of anilines is 1. The summed E-state index contributed by atoms with van der Waals surface area (Å²) in [6.45, 7) is 5.10. The number of hydrogen-bond donors (Lipinski definition) is 1. The minimum absolute atomic E-state index is 0.0645. The molecule has 0 atom stereocenters. The Morgan fingerprint density at radius 3 is 2.65 bits per heavy atom. The fourth-order valence-electron chi connectivity index (χ4n) is 3.33. The summed E-state index contributed by atoms with van der Waals surface area (Å²) in [5.74, 6) is 0.551. The summed E-state index contributed by atoms with van der Waals surface area (Å²) in [7, 11) is 1.64. The SMILES string of the molecule is COCCCN(CC(=O)Nc1nc(C)c(C)s1)C(=O)CCC1CCCC1. The number of rotatable bonds is 10. The van der Waals surface area contributed by atoms with E-state index in [0.717, 1.165) is 23.4 Å². The van der Waals surface area contributed by atoms with Crippen LogP contribution in [0.2, 0.25) is 0 Å². The second-order valence-corrected chi connectivity index (χ2v) is 8.26. The molecular weight excluding hydrogens is 350 g/mol. The Morgan fingerprint density at radius 1 is 1.31 bits per heavy atom. The van der Waals surface area contributed by atoms with Gasteiger partial charge in [-0.2, -0.15) is 0 Å². The molecule has 1 heterocycles. The Kier molecular flexibility index (Phi) is 8.51. The van der Waals surface area contributed by atoms with Crippen LogP contribution < -0.4 is 5.32 Å². The third-order valence-corrected chi connectivity index (χ3v) is 5.97. The van der Waals surface area contributed by atoms with Crippen LogP contribution in [0, 0.1) is 19.8 Å². The molecule has 2 amide bonds. The van der Waals surface area contributed by atoms with Gasteiger partial charge in [-0.15, -0.1) is 11.3 Å². The zero-order valence-electron chi connectivity index (χ0n) is 16.2. The van der Waals surface area contributed by atoms with E-state index in [1.54, 1.807) is 12.0 Å². The predicted octanol–water partition coefficient (Wildman–Crippen LogP) is 3.53. The number of methoxy groups -OCH3 is 1. The van der Waals surface area contributed by atoms with Crippen molar-refractivity contribution in [2.75, 3.05) is 32.1 Å². The molecule has 1 aromatic rings. The normalized spacial score (nSPS) is 14.6. The first-order valence-electron chi connectivity index (χ1n) is 9.50. The van der Waals surface area contributed by atoms with Crippen molar-refractivity contribution in [3.8, 4) is 0 Å². The molecule has 1 aliphatic rings. The number of thiazole rings is 1. The van der Waals surface area contributed by atoms with E-state index in [1.165, 1.54) is 37.0 Å². The molecule has 0 radical (unpaired) electrons. The Morgan fingerprint density at radius 2 is 2.04 bits per heavy atom. The van der Waals surface area contributed by atoms with Gasteiger partial charge >= 0.3 is 0 Å². The second kappa shape index (κ2) is 10.6. The first-order valence-corrected chi connectivity index (χ1v) is 10.3. The van der Waals surface area contributed by atoms with Crippen LogP contribution in [-0.4, -0.2) is 48.5 Å². The molecular formula is C19H31N3O3S. The summed E-state index contributed by atoms with van der Waals surface area (Å²) in [5.41, 5.74) is 0.926. The van der Waals surface area contributed by atoms with Gasteiger partial charge in [-0.25, -0.2) is 4.98 Å². The van der Waals surface area contributed by atoms with Gasteiger partial charge in [-0.3, -0.25) is 9.59 Å². The van der Waals surface area contributed by atoms with Crippen molar-refractivity contribution in [2.45, 2.75) is 58.8 Å². The quantitative estimate of drug-likeness (QED) is 0.629. The van der Waals surface area contributed by atoms with Gasteiger partial charge in [-0.05, 0) is 32.6 Å². The average molecular weight is 382 g/mol. The van der Waals surface area contributed by atoms with Crippen molar-refractivity contribution in [1.29, 1.82) is 0 Å². The summed E-state index contributed by atoms with van der Waals surface area (Å²) < 4.78 is 5.08. The van der Waals surface area contributed by atoms with Gasteiger partial charge in [0.25, 0.3) is 0 Å². The van der Waals surface area contributed by atoms with Crippen LogP contribution in [0.4, 0.5) is 5.13 Å². The molecule has 1 N–H and O–H groups in total. The van der Waals surface area contributed by atoms with Gasteiger partial charge in [0.2, 0.25) is 11.8 Å². The molecule has 7 heteroatoms. The molecule has 0 saturated heterocycles. The minimum Gasteiger partial charge on any atom is -0.385 e. The van der Waals surface area contributed by atoms with Crippen LogP contribution in [0.5, 0.6) is 0 Å². The number of aromatic nitrogens is 1. The van der Waals surface area contributed by atoms with Gasteiger partial charge < -0.3 is 15.0 Å². The highest BCUT2D eigenvalue weighted by atomic mass is 32.1.